The second-order valence-corrected chi connectivity index (χ2v) is 4.70. The molecule has 9 heteroatoms. The van der Waals surface area contributed by atoms with Crippen LogP contribution in [-0.2, 0) is 6.54 Å². The van der Waals surface area contributed by atoms with E-state index >= 15 is 0 Å². The smallest absolute Gasteiger partial charge is 0.290 e. The van der Waals surface area contributed by atoms with Crippen molar-refractivity contribution in [2.24, 2.45) is 0 Å². The summed E-state index contributed by atoms with van der Waals surface area (Å²) < 4.78 is 4.78. The van der Waals surface area contributed by atoms with E-state index in [-0.39, 0.29) is 18.2 Å². The number of rotatable bonds is 5. The third-order valence-electron chi connectivity index (χ3n) is 2.53. The van der Waals surface area contributed by atoms with E-state index in [0.29, 0.717) is 17.7 Å². The number of nitrogens with zero attached hydrogens (tertiary/aromatic N) is 6. The zero-order chi connectivity index (χ0) is 15.4. The van der Waals surface area contributed by atoms with Crippen LogP contribution in [0.5, 0.6) is 0 Å². The third-order valence-corrected chi connectivity index (χ3v) is 2.53. The van der Waals surface area contributed by atoms with Gasteiger partial charge in [-0.15, -0.1) is 0 Å². The van der Waals surface area contributed by atoms with Gasteiger partial charge in [-0.3, -0.25) is 4.79 Å². The van der Waals surface area contributed by atoms with Gasteiger partial charge in [0, 0.05) is 34.3 Å². The molecule has 0 fully saturated rings. The minimum atomic E-state index is -0.370. The predicted molar refractivity (Wildman–Crippen MR) is 76.2 cm³/mol. The number of carbonyl (C=O) groups excluding carboxylic acids is 1. The highest BCUT2D eigenvalue weighted by Crippen LogP contribution is 2.10. The number of hydrogen-bond donors (Lipinski definition) is 1. The van der Waals surface area contributed by atoms with E-state index in [1.54, 1.807) is 9.80 Å². The Morgan fingerprint density at radius 2 is 1.76 bits per heavy atom. The highest BCUT2D eigenvalue weighted by atomic mass is 16.5. The Hall–Kier alpha value is -2.71. The van der Waals surface area contributed by atoms with Crippen LogP contribution >= 0.6 is 0 Å². The highest BCUT2D eigenvalue weighted by molar-refractivity contribution is 5.91. The maximum atomic E-state index is 11.8. The minimum Gasteiger partial charge on any atom is -0.351 e. The molecule has 0 aliphatic carbocycles. The fourth-order valence-corrected chi connectivity index (χ4v) is 1.45. The predicted octanol–water partition coefficient (Wildman–Crippen LogP) is -0.0784. The lowest BCUT2D eigenvalue weighted by Gasteiger charge is -2.16. The van der Waals surface area contributed by atoms with E-state index in [2.05, 4.69) is 25.4 Å². The Bertz CT molecular complexity index is 584. The van der Waals surface area contributed by atoms with Gasteiger partial charge in [0.1, 0.15) is 0 Å². The summed E-state index contributed by atoms with van der Waals surface area (Å²) >= 11 is 0. The van der Waals surface area contributed by atoms with Crippen molar-refractivity contribution >= 4 is 17.8 Å². The normalized spacial score (nSPS) is 10.3. The maximum Gasteiger partial charge on any atom is 0.290 e. The van der Waals surface area contributed by atoms with Gasteiger partial charge >= 0.3 is 0 Å². The first-order chi connectivity index (χ1) is 9.97. The summed E-state index contributed by atoms with van der Waals surface area (Å²) in [5.41, 5.74) is 0. The van der Waals surface area contributed by atoms with Crippen LogP contribution in [0.15, 0.2) is 16.8 Å². The summed E-state index contributed by atoms with van der Waals surface area (Å²) in [5, 5.41) is 6.15. The molecule has 0 spiro atoms. The summed E-state index contributed by atoms with van der Waals surface area (Å²) in [4.78, 5) is 28.2. The molecule has 9 nitrogen and oxygen atoms in total. The fourth-order valence-electron chi connectivity index (χ4n) is 1.45. The van der Waals surface area contributed by atoms with Gasteiger partial charge in [0.2, 0.25) is 17.7 Å². The van der Waals surface area contributed by atoms with Gasteiger partial charge in [0.25, 0.3) is 5.91 Å². The van der Waals surface area contributed by atoms with Crippen LogP contribution in [0, 0.1) is 0 Å². The SMILES string of the molecule is CN(C)c1nc(CNC(=O)c2ccno2)nc(N(C)C)n1. The molecule has 112 valence electrons. The molecule has 0 radical (unpaired) electrons. The third kappa shape index (κ3) is 3.65. The molecule has 1 amide bonds. The Balaban J connectivity index is 2.13. The number of nitrogens with one attached hydrogen (secondary N) is 1. The number of hydrogen-bond acceptors (Lipinski definition) is 8. The van der Waals surface area contributed by atoms with E-state index in [1.807, 2.05) is 28.2 Å². The molecule has 2 rings (SSSR count). The molecule has 0 bridgehead atoms. The molecule has 0 unspecified atom stereocenters. The molecule has 21 heavy (non-hydrogen) atoms. The van der Waals surface area contributed by atoms with Crippen LogP contribution in [0.4, 0.5) is 11.9 Å². The van der Waals surface area contributed by atoms with E-state index in [0.717, 1.165) is 0 Å². The second-order valence-electron chi connectivity index (χ2n) is 4.70. The van der Waals surface area contributed by atoms with Gasteiger partial charge in [0.05, 0.1) is 12.7 Å². The van der Waals surface area contributed by atoms with Gasteiger partial charge < -0.3 is 19.6 Å². The summed E-state index contributed by atoms with van der Waals surface area (Å²) in [6.07, 6.45) is 1.41. The number of carbonyl (C=O) groups is 1. The zero-order valence-corrected chi connectivity index (χ0v) is 12.4. The van der Waals surface area contributed by atoms with Crippen molar-refractivity contribution in [2.75, 3.05) is 38.0 Å². The molecule has 1 N–H and O–H groups in total. The lowest BCUT2D eigenvalue weighted by atomic mass is 10.4. The van der Waals surface area contributed by atoms with Gasteiger partial charge in [-0.05, 0) is 0 Å². The van der Waals surface area contributed by atoms with Crippen LogP contribution in [0.2, 0.25) is 0 Å². The lowest BCUT2D eigenvalue weighted by molar-refractivity contribution is 0.0913. The number of amides is 1. The minimum absolute atomic E-state index is 0.143. The van der Waals surface area contributed by atoms with Crippen molar-refractivity contribution in [3.05, 3.63) is 23.8 Å². The summed E-state index contributed by atoms with van der Waals surface area (Å²) in [5.74, 6) is 1.29. The van der Waals surface area contributed by atoms with E-state index in [1.165, 1.54) is 12.3 Å². The monoisotopic (exact) mass is 291 g/mol. The summed E-state index contributed by atoms with van der Waals surface area (Å²) in [6, 6.07) is 1.49. The van der Waals surface area contributed by atoms with E-state index in [9.17, 15) is 4.79 Å². The molecule has 0 aliphatic heterocycles. The molecular weight excluding hydrogens is 274 g/mol. The fraction of sp³-hybridized carbons (Fsp3) is 0.417. The summed E-state index contributed by atoms with van der Waals surface area (Å²) in [6.45, 7) is 0.170. The Morgan fingerprint density at radius 1 is 1.14 bits per heavy atom. The van der Waals surface area contributed by atoms with Crippen molar-refractivity contribution in [2.45, 2.75) is 6.54 Å². The average Bonchev–Trinajstić information content (AvgIpc) is 2.98. The lowest BCUT2D eigenvalue weighted by Crippen LogP contribution is -2.26. The molecule has 0 aliphatic rings. The van der Waals surface area contributed by atoms with Gasteiger partial charge in [-0.2, -0.15) is 15.0 Å². The van der Waals surface area contributed by atoms with Gasteiger partial charge in [-0.25, -0.2) is 0 Å². The van der Waals surface area contributed by atoms with Crippen LogP contribution in [0.3, 0.4) is 0 Å². The van der Waals surface area contributed by atoms with Gasteiger partial charge in [-0.1, -0.05) is 5.16 Å². The molecule has 2 aromatic heterocycles. The number of anilines is 2. The first-order valence-electron chi connectivity index (χ1n) is 6.26. The first-order valence-corrected chi connectivity index (χ1v) is 6.26. The quantitative estimate of drug-likeness (QED) is 0.816. The molecule has 0 saturated heterocycles. The van der Waals surface area contributed by atoms with Gasteiger partial charge in [0.15, 0.2) is 5.82 Å². The largest absolute Gasteiger partial charge is 0.351 e. The Kier molecular flexibility index (Phi) is 4.31. The van der Waals surface area contributed by atoms with Crippen molar-refractivity contribution in [3.63, 3.8) is 0 Å². The Labute approximate surface area is 122 Å². The highest BCUT2D eigenvalue weighted by Gasteiger charge is 2.13. The molecule has 0 atom stereocenters. The standard InChI is InChI=1S/C12H17N7O2/c1-18(2)11-15-9(16-12(17-11)19(3)4)7-13-10(20)8-5-6-14-21-8/h5-6H,7H2,1-4H3,(H,13,20). The first kappa shape index (κ1) is 14.7. The van der Waals surface area contributed by atoms with E-state index < -0.39 is 0 Å². The van der Waals surface area contributed by atoms with Crippen LogP contribution in [0.25, 0.3) is 0 Å². The number of aromatic nitrogens is 4. The molecule has 0 saturated carbocycles. The molecule has 2 aromatic rings. The van der Waals surface area contributed by atoms with Crippen molar-refractivity contribution in [3.8, 4) is 0 Å². The second kappa shape index (κ2) is 6.16. The molecule has 0 aromatic carbocycles. The Morgan fingerprint density at radius 3 is 2.24 bits per heavy atom. The average molecular weight is 291 g/mol. The van der Waals surface area contributed by atoms with Crippen LogP contribution in [-0.4, -0.2) is 54.2 Å². The molecular formula is C12H17N7O2. The maximum absolute atomic E-state index is 11.8. The zero-order valence-electron chi connectivity index (χ0n) is 12.4. The van der Waals surface area contributed by atoms with E-state index in [4.69, 9.17) is 4.52 Å². The van der Waals surface area contributed by atoms with Crippen molar-refractivity contribution in [1.29, 1.82) is 0 Å². The topological polar surface area (TPSA) is 100 Å². The van der Waals surface area contributed by atoms with Crippen molar-refractivity contribution in [1.82, 2.24) is 25.4 Å². The molecule has 2 heterocycles. The van der Waals surface area contributed by atoms with Crippen LogP contribution < -0.4 is 15.1 Å². The van der Waals surface area contributed by atoms with Crippen LogP contribution in [0.1, 0.15) is 16.4 Å². The summed E-state index contributed by atoms with van der Waals surface area (Å²) in [7, 11) is 7.36. The van der Waals surface area contributed by atoms with Crippen molar-refractivity contribution < 1.29 is 9.32 Å².